The quantitative estimate of drug-likeness (QED) is 0.448. The lowest BCUT2D eigenvalue weighted by molar-refractivity contribution is -0.176. The van der Waals surface area contributed by atoms with Gasteiger partial charge in [-0.15, -0.1) is 0 Å². The summed E-state index contributed by atoms with van der Waals surface area (Å²) in [5.74, 6) is 1.01. The van der Waals surface area contributed by atoms with Crippen molar-refractivity contribution in [1.29, 1.82) is 0 Å². The number of fused-ring (bicyclic) bond motifs is 1. The zero-order valence-corrected chi connectivity index (χ0v) is 17.8. The van der Waals surface area contributed by atoms with Gasteiger partial charge in [0.05, 0.1) is 5.60 Å². The van der Waals surface area contributed by atoms with Crippen LogP contribution in [-0.4, -0.2) is 49.1 Å². The molecule has 0 spiro atoms. The van der Waals surface area contributed by atoms with Gasteiger partial charge in [0.1, 0.15) is 0 Å². The molecule has 1 aliphatic heterocycles. The van der Waals surface area contributed by atoms with Crippen LogP contribution in [0.5, 0.6) is 0 Å². The Bertz CT molecular complexity index is 721. The van der Waals surface area contributed by atoms with Crippen LogP contribution in [0, 0.1) is 5.41 Å². The van der Waals surface area contributed by atoms with Crippen molar-refractivity contribution < 1.29 is 9.53 Å². The second-order valence-corrected chi connectivity index (χ2v) is 8.68. The monoisotopic (exact) mass is 386 g/mol. The van der Waals surface area contributed by atoms with Crippen molar-refractivity contribution in [1.82, 2.24) is 15.5 Å². The number of nitrogens with zero attached hydrogens (tertiary/aromatic N) is 2. The summed E-state index contributed by atoms with van der Waals surface area (Å²) in [6.07, 6.45) is 2.29. The molecule has 0 bridgehead atoms. The zero-order chi connectivity index (χ0) is 20.4. The molecule has 28 heavy (non-hydrogen) atoms. The van der Waals surface area contributed by atoms with Crippen LogP contribution >= 0.6 is 0 Å². The Balaban J connectivity index is 1.38. The van der Waals surface area contributed by atoms with Gasteiger partial charge in [-0.1, -0.05) is 38.1 Å². The lowest BCUT2D eigenvalue weighted by atomic mass is 9.56. The van der Waals surface area contributed by atoms with Gasteiger partial charge in [-0.25, -0.2) is 0 Å². The molecule has 0 aromatic heterocycles. The van der Waals surface area contributed by atoms with Crippen molar-refractivity contribution in [3.63, 3.8) is 0 Å². The van der Waals surface area contributed by atoms with Crippen LogP contribution in [0.3, 0.4) is 0 Å². The van der Waals surface area contributed by atoms with Gasteiger partial charge in [0, 0.05) is 51.7 Å². The van der Waals surface area contributed by atoms with Crippen LogP contribution in [0.25, 0.3) is 0 Å². The van der Waals surface area contributed by atoms with Gasteiger partial charge < -0.3 is 20.3 Å². The highest BCUT2D eigenvalue weighted by molar-refractivity contribution is 5.80. The van der Waals surface area contributed by atoms with Crippen LogP contribution in [0.4, 0.5) is 0 Å². The zero-order valence-electron chi connectivity index (χ0n) is 17.8. The number of carbonyl (C=O) groups is 1. The predicted molar refractivity (Wildman–Crippen MR) is 112 cm³/mol. The number of nitrogens with one attached hydrogen (secondary N) is 2. The van der Waals surface area contributed by atoms with Crippen LogP contribution in [0.2, 0.25) is 0 Å². The number of benzene rings is 1. The van der Waals surface area contributed by atoms with E-state index in [1.54, 1.807) is 14.2 Å². The van der Waals surface area contributed by atoms with Gasteiger partial charge in [-0.3, -0.25) is 9.79 Å². The molecule has 6 nitrogen and oxygen atoms in total. The molecular weight excluding hydrogens is 352 g/mol. The molecule has 2 aliphatic rings. The van der Waals surface area contributed by atoms with E-state index in [4.69, 9.17) is 4.74 Å². The number of rotatable bonds is 6. The molecule has 1 aliphatic carbocycles. The molecule has 154 valence electrons. The van der Waals surface area contributed by atoms with E-state index in [9.17, 15) is 4.79 Å². The summed E-state index contributed by atoms with van der Waals surface area (Å²) in [5.41, 5.74) is 2.46. The average molecular weight is 387 g/mol. The van der Waals surface area contributed by atoms with Crippen LogP contribution in [0.1, 0.15) is 51.2 Å². The highest BCUT2D eigenvalue weighted by Gasteiger charge is 2.58. The van der Waals surface area contributed by atoms with E-state index >= 15 is 0 Å². The van der Waals surface area contributed by atoms with E-state index in [-0.39, 0.29) is 16.9 Å². The number of aliphatic imine (C=N–C) groups is 1. The molecule has 3 rings (SSSR count). The predicted octanol–water partition coefficient (Wildman–Crippen LogP) is 2.68. The van der Waals surface area contributed by atoms with Gasteiger partial charge in [0.2, 0.25) is 5.91 Å². The average Bonchev–Trinajstić information content (AvgIpc) is 3.13. The smallest absolute Gasteiger partial charge is 0.223 e. The Labute approximate surface area is 168 Å². The Morgan fingerprint density at radius 2 is 1.89 bits per heavy atom. The Morgan fingerprint density at radius 3 is 2.43 bits per heavy atom. The van der Waals surface area contributed by atoms with Crippen molar-refractivity contribution in [3.8, 4) is 0 Å². The number of hydrogen-bond acceptors (Lipinski definition) is 3. The van der Waals surface area contributed by atoms with Gasteiger partial charge in [0.15, 0.2) is 5.96 Å². The maximum atomic E-state index is 12.5. The minimum absolute atomic E-state index is 0.0279. The van der Waals surface area contributed by atoms with E-state index < -0.39 is 0 Å². The minimum Gasteiger partial charge on any atom is -0.378 e. The first kappa shape index (κ1) is 20.6. The number of carbonyl (C=O) groups excluding carboxylic acids is 1. The first-order chi connectivity index (χ1) is 13.3. The number of hydrogen-bond donors (Lipinski definition) is 2. The van der Waals surface area contributed by atoms with E-state index in [1.807, 2.05) is 17.0 Å². The molecule has 1 amide bonds. The van der Waals surface area contributed by atoms with Gasteiger partial charge >= 0.3 is 0 Å². The van der Waals surface area contributed by atoms with Gasteiger partial charge in [0.25, 0.3) is 0 Å². The third-order valence-corrected chi connectivity index (χ3v) is 6.87. The summed E-state index contributed by atoms with van der Waals surface area (Å²) in [4.78, 5) is 18.8. The minimum atomic E-state index is -0.108. The topological polar surface area (TPSA) is 66.0 Å². The lowest BCUT2D eigenvalue weighted by Crippen LogP contribution is -2.69. The molecule has 1 aromatic carbocycles. The van der Waals surface area contributed by atoms with Crippen LogP contribution in [-0.2, 0) is 22.6 Å². The third kappa shape index (κ3) is 3.88. The molecular formula is C22H34N4O2. The van der Waals surface area contributed by atoms with E-state index in [1.165, 1.54) is 11.1 Å². The highest BCUT2D eigenvalue weighted by Crippen LogP contribution is 2.51. The molecule has 2 unspecified atom stereocenters. The Hall–Kier alpha value is -2.08. The molecule has 2 N–H and O–H groups in total. The van der Waals surface area contributed by atoms with Crippen LogP contribution in [0.15, 0.2) is 29.3 Å². The summed E-state index contributed by atoms with van der Waals surface area (Å²) in [5, 5.41) is 6.84. The summed E-state index contributed by atoms with van der Waals surface area (Å²) in [6.45, 7) is 8.79. The largest absolute Gasteiger partial charge is 0.378 e. The van der Waals surface area contributed by atoms with Crippen LogP contribution < -0.4 is 10.6 Å². The third-order valence-electron chi connectivity index (χ3n) is 6.87. The number of ether oxygens (including phenoxy) is 1. The maximum absolute atomic E-state index is 12.5. The first-order valence-electron chi connectivity index (χ1n) is 10.2. The fourth-order valence-corrected chi connectivity index (χ4v) is 4.20. The van der Waals surface area contributed by atoms with Gasteiger partial charge in [-0.2, -0.15) is 0 Å². The van der Waals surface area contributed by atoms with Gasteiger partial charge in [-0.05, 0) is 30.9 Å². The second-order valence-electron chi connectivity index (χ2n) is 8.68. The van der Waals surface area contributed by atoms with Crippen molar-refractivity contribution in [2.45, 2.75) is 64.8 Å². The second kappa shape index (κ2) is 8.11. The summed E-state index contributed by atoms with van der Waals surface area (Å²) in [7, 11) is 3.56. The fourth-order valence-electron chi connectivity index (χ4n) is 4.20. The molecule has 0 radical (unpaired) electrons. The number of guanidine groups is 1. The number of methoxy groups -OCH3 is 1. The van der Waals surface area contributed by atoms with Crippen molar-refractivity contribution in [2.24, 2.45) is 10.4 Å². The summed E-state index contributed by atoms with van der Waals surface area (Å²) >= 11 is 0. The molecule has 2 atom stereocenters. The van der Waals surface area contributed by atoms with Crippen molar-refractivity contribution in [2.75, 3.05) is 20.7 Å². The standard InChI is InChI=1S/C22H34N4O2/c1-21(2)18(13-22(21,3)28-5)25-20(23-4)24-12-8-11-19(27)26-14-16-9-6-7-10-17(16)15-26/h6-7,9-10,18H,8,11-15H2,1-5H3,(H2,23,24,25). The Kier molecular flexibility index (Phi) is 5.98. The van der Waals surface area contributed by atoms with E-state index in [0.717, 1.165) is 38.4 Å². The molecule has 1 saturated carbocycles. The molecule has 0 saturated heterocycles. The fraction of sp³-hybridized carbons (Fsp3) is 0.636. The van der Waals surface area contributed by atoms with E-state index in [2.05, 4.69) is 48.5 Å². The lowest BCUT2D eigenvalue weighted by Gasteiger charge is -2.59. The normalized spacial score (nSPS) is 25.8. The summed E-state index contributed by atoms with van der Waals surface area (Å²) in [6, 6.07) is 8.60. The first-order valence-corrected chi connectivity index (χ1v) is 10.2. The SMILES string of the molecule is CN=C(NCCCC(=O)N1Cc2ccccc2C1)NC1CC(C)(OC)C1(C)C. The van der Waals surface area contributed by atoms with Crippen molar-refractivity contribution in [3.05, 3.63) is 35.4 Å². The van der Waals surface area contributed by atoms with E-state index in [0.29, 0.717) is 12.5 Å². The molecule has 1 aromatic rings. The highest BCUT2D eigenvalue weighted by atomic mass is 16.5. The summed E-state index contributed by atoms with van der Waals surface area (Å²) < 4.78 is 5.69. The molecule has 1 heterocycles. The maximum Gasteiger partial charge on any atom is 0.223 e. The Morgan fingerprint density at radius 1 is 1.25 bits per heavy atom. The van der Waals surface area contributed by atoms with Crippen molar-refractivity contribution >= 4 is 11.9 Å². The molecule has 1 fully saturated rings. The molecule has 6 heteroatoms. The number of amides is 1.